The van der Waals surface area contributed by atoms with Crippen molar-refractivity contribution >= 4 is 0 Å². The molecule has 0 radical (unpaired) electrons. The Bertz CT molecular complexity index is 813. The summed E-state index contributed by atoms with van der Waals surface area (Å²) in [5, 5.41) is 3.73. The first kappa shape index (κ1) is 27.5. The highest BCUT2D eigenvalue weighted by Crippen LogP contribution is 2.56. The van der Waals surface area contributed by atoms with Crippen molar-refractivity contribution < 1.29 is 4.74 Å². The second-order valence-electron chi connectivity index (χ2n) is 13.8. The molecule has 7 heterocycles. The van der Waals surface area contributed by atoms with Crippen molar-refractivity contribution in [2.75, 3.05) is 112 Å². The van der Waals surface area contributed by atoms with Crippen LogP contribution < -0.4 is 5.32 Å². The van der Waals surface area contributed by atoms with Gasteiger partial charge in [0, 0.05) is 78.5 Å². The molecule has 9 nitrogen and oxygen atoms in total. The molecule has 0 saturated carbocycles. The normalized spacial score (nSPS) is 39.5. The van der Waals surface area contributed by atoms with Crippen LogP contribution >= 0.6 is 0 Å². The maximum atomic E-state index is 8.30. The lowest BCUT2D eigenvalue weighted by atomic mass is 9.74. The van der Waals surface area contributed by atoms with Crippen LogP contribution in [-0.4, -0.2) is 164 Å². The van der Waals surface area contributed by atoms with Crippen molar-refractivity contribution in [2.24, 2.45) is 5.92 Å². The predicted octanol–water partition coefficient (Wildman–Crippen LogP) is 1.19. The molecule has 0 aromatic rings. The third-order valence-electron chi connectivity index (χ3n) is 11.7. The van der Waals surface area contributed by atoms with Crippen LogP contribution in [0.3, 0.4) is 0 Å². The maximum Gasteiger partial charge on any atom is 0.216 e. The van der Waals surface area contributed by atoms with Crippen LogP contribution in [0.5, 0.6) is 0 Å². The van der Waals surface area contributed by atoms with Gasteiger partial charge in [-0.1, -0.05) is 6.42 Å². The number of hydrogen-bond acceptors (Lipinski definition) is 9. The molecule has 222 valence electrons. The first-order valence-electron chi connectivity index (χ1n) is 16.7. The number of rotatable bonds is 6. The van der Waals surface area contributed by atoms with Gasteiger partial charge in [0.25, 0.3) is 0 Å². The van der Waals surface area contributed by atoms with Gasteiger partial charge >= 0.3 is 0 Å². The lowest BCUT2D eigenvalue weighted by molar-refractivity contribution is -0.472. The van der Waals surface area contributed by atoms with Crippen molar-refractivity contribution in [2.45, 2.75) is 75.1 Å². The number of likely N-dealkylation sites (tertiary alicyclic amines) is 4. The van der Waals surface area contributed by atoms with Crippen LogP contribution in [0, 0.1) is 5.92 Å². The molecule has 0 amide bonds. The van der Waals surface area contributed by atoms with Crippen molar-refractivity contribution in [1.29, 1.82) is 0 Å². The van der Waals surface area contributed by atoms with Gasteiger partial charge in [0.2, 0.25) is 5.85 Å². The van der Waals surface area contributed by atoms with Gasteiger partial charge < -0.3 is 15.0 Å². The Morgan fingerprint density at radius 2 is 1.08 bits per heavy atom. The second-order valence-corrected chi connectivity index (χ2v) is 13.8. The Hall–Kier alpha value is -0.360. The summed E-state index contributed by atoms with van der Waals surface area (Å²) in [6.45, 7) is 17.2. The Morgan fingerprint density at radius 1 is 0.564 bits per heavy atom. The standard InChI is InChI=1S/C30H56N8O/c1-32-22-24-36(25-23-32)29(27-10-12-31-13-11-27)30(38-16-6-7-17-38,37-14-4-3-5-15-37)39-28(26-33(29)2,34-18-8-19-34)35-20-9-21-35/h27,31H,3-26H2,1-2H3. The highest BCUT2D eigenvalue weighted by Gasteiger charge is 2.74. The number of ether oxygens (including phenoxy) is 1. The van der Waals surface area contributed by atoms with Gasteiger partial charge in [-0.3, -0.25) is 29.4 Å². The van der Waals surface area contributed by atoms with Gasteiger partial charge in [0.15, 0.2) is 5.85 Å². The molecule has 39 heavy (non-hydrogen) atoms. The molecule has 7 aliphatic rings. The Balaban J connectivity index is 1.43. The molecule has 1 N–H and O–H groups in total. The van der Waals surface area contributed by atoms with Gasteiger partial charge in [-0.25, -0.2) is 0 Å². The highest BCUT2D eigenvalue weighted by atomic mass is 16.6. The van der Waals surface area contributed by atoms with Crippen LogP contribution in [0.15, 0.2) is 0 Å². The maximum absolute atomic E-state index is 8.30. The van der Waals surface area contributed by atoms with Crippen LogP contribution in [0.2, 0.25) is 0 Å². The number of piperazine rings is 1. The van der Waals surface area contributed by atoms with Gasteiger partial charge in [-0.2, -0.15) is 0 Å². The molecule has 7 fully saturated rings. The third-order valence-corrected chi connectivity index (χ3v) is 11.7. The zero-order chi connectivity index (χ0) is 26.5. The van der Waals surface area contributed by atoms with Crippen molar-refractivity contribution in [1.82, 2.24) is 39.6 Å². The minimum absolute atomic E-state index is 0.155. The topological polar surface area (TPSA) is 43.9 Å². The first-order valence-corrected chi connectivity index (χ1v) is 16.7. The molecule has 7 aliphatic heterocycles. The van der Waals surface area contributed by atoms with E-state index in [1.165, 1.54) is 110 Å². The van der Waals surface area contributed by atoms with Crippen molar-refractivity contribution in [3.63, 3.8) is 0 Å². The first-order chi connectivity index (χ1) is 19.1. The minimum atomic E-state index is -0.431. The van der Waals surface area contributed by atoms with E-state index in [0.29, 0.717) is 5.92 Å². The van der Waals surface area contributed by atoms with Crippen LogP contribution in [0.4, 0.5) is 0 Å². The SMILES string of the molecule is CN1CCN(C2(C3CCNCC3)N(C)CC(N3CCC3)(N3CCC3)OC2(N2CCCCC2)N2CCCC2)CC1. The zero-order valence-electron chi connectivity index (χ0n) is 25.1. The summed E-state index contributed by atoms with van der Waals surface area (Å²) < 4.78 is 8.30. The Kier molecular flexibility index (Phi) is 7.78. The molecule has 7 rings (SSSR count). The highest BCUT2D eigenvalue weighted by molar-refractivity contribution is 5.17. The van der Waals surface area contributed by atoms with E-state index in [9.17, 15) is 0 Å². The van der Waals surface area contributed by atoms with E-state index < -0.39 is 5.85 Å². The Labute approximate surface area is 237 Å². The molecular weight excluding hydrogens is 488 g/mol. The van der Waals surface area contributed by atoms with E-state index in [0.717, 1.165) is 45.8 Å². The van der Waals surface area contributed by atoms with Crippen LogP contribution in [-0.2, 0) is 4.74 Å². The molecule has 0 spiro atoms. The van der Waals surface area contributed by atoms with E-state index in [2.05, 4.69) is 53.7 Å². The lowest BCUT2D eigenvalue weighted by Gasteiger charge is -2.75. The summed E-state index contributed by atoms with van der Waals surface area (Å²) in [5.41, 5.74) is -0.155. The molecule has 2 unspecified atom stereocenters. The van der Waals surface area contributed by atoms with Crippen molar-refractivity contribution in [3.05, 3.63) is 0 Å². The van der Waals surface area contributed by atoms with Gasteiger partial charge in [0.1, 0.15) is 5.66 Å². The molecule has 0 aromatic heterocycles. The smallest absolute Gasteiger partial charge is 0.216 e. The number of piperidine rings is 2. The number of likely N-dealkylation sites (N-methyl/N-ethyl adjacent to an activating group) is 2. The average molecular weight is 545 g/mol. The summed E-state index contributed by atoms with van der Waals surface area (Å²) in [6.07, 6.45) is 11.7. The molecule has 0 aromatic carbocycles. The van der Waals surface area contributed by atoms with Crippen LogP contribution in [0.1, 0.15) is 57.8 Å². The fraction of sp³-hybridized carbons (Fsp3) is 1.00. The quantitative estimate of drug-likeness (QED) is 0.531. The fourth-order valence-electron chi connectivity index (χ4n) is 9.54. The summed E-state index contributed by atoms with van der Waals surface area (Å²) >= 11 is 0. The second kappa shape index (κ2) is 11.0. The number of nitrogens with one attached hydrogen (secondary N) is 1. The predicted molar refractivity (Wildman–Crippen MR) is 155 cm³/mol. The summed E-state index contributed by atoms with van der Waals surface area (Å²) in [5.74, 6) is -0.158. The van der Waals surface area contributed by atoms with Gasteiger partial charge in [-0.15, -0.1) is 0 Å². The van der Waals surface area contributed by atoms with E-state index in [1.54, 1.807) is 0 Å². The number of nitrogens with zero attached hydrogens (tertiary/aromatic N) is 7. The molecule has 9 heteroatoms. The summed E-state index contributed by atoms with van der Waals surface area (Å²) in [7, 11) is 4.83. The lowest BCUT2D eigenvalue weighted by Crippen LogP contribution is -2.93. The average Bonchev–Trinajstić information content (AvgIpc) is 3.44. The van der Waals surface area contributed by atoms with Gasteiger partial charge in [0.05, 0.1) is 6.54 Å². The Morgan fingerprint density at radius 3 is 1.59 bits per heavy atom. The van der Waals surface area contributed by atoms with E-state index in [4.69, 9.17) is 4.74 Å². The van der Waals surface area contributed by atoms with Crippen LogP contribution in [0.25, 0.3) is 0 Å². The minimum Gasteiger partial charge on any atom is -0.317 e. The largest absolute Gasteiger partial charge is 0.317 e. The summed E-state index contributed by atoms with van der Waals surface area (Å²) in [6, 6.07) is 0. The van der Waals surface area contributed by atoms with E-state index >= 15 is 0 Å². The van der Waals surface area contributed by atoms with E-state index in [1.807, 2.05) is 0 Å². The monoisotopic (exact) mass is 544 g/mol. The summed E-state index contributed by atoms with van der Waals surface area (Å²) in [4.78, 5) is 19.7. The molecule has 0 bridgehead atoms. The van der Waals surface area contributed by atoms with Crippen molar-refractivity contribution in [3.8, 4) is 0 Å². The number of morpholine rings is 1. The molecule has 2 atom stereocenters. The zero-order valence-corrected chi connectivity index (χ0v) is 25.1. The molecular formula is C30H56N8O. The van der Waals surface area contributed by atoms with Gasteiger partial charge in [-0.05, 0) is 84.5 Å². The number of hydrogen-bond donors (Lipinski definition) is 1. The molecule has 0 aliphatic carbocycles. The fourth-order valence-corrected chi connectivity index (χ4v) is 9.54. The van der Waals surface area contributed by atoms with E-state index in [-0.39, 0.29) is 11.5 Å². The third kappa shape index (κ3) is 4.20. The molecule has 7 saturated heterocycles.